The van der Waals surface area contributed by atoms with E-state index < -0.39 is 12.1 Å². The van der Waals surface area contributed by atoms with E-state index in [-0.39, 0.29) is 5.75 Å². The molecule has 0 radical (unpaired) electrons. The van der Waals surface area contributed by atoms with Crippen LogP contribution in [0.5, 0.6) is 5.75 Å². The molecule has 0 N–H and O–H groups in total. The summed E-state index contributed by atoms with van der Waals surface area (Å²) in [5, 5.41) is 0. The van der Waals surface area contributed by atoms with Crippen LogP contribution in [0.25, 0.3) is 0 Å². The van der Waals surface area contributed by atoms with Crippen LogP contribution >= 0.6 is 0 Å². The van der Waals surface area contributed by atoms with Crippen LogP contribution in [0.2, 0.25) is 0 Å². The summed E-state index contributed by atoms with van der Waals surface area (Å²) in [6, 6.07) is 6.31. The van der Waals surface area contributed by atoms with Crippen molar-refractivity contribution in [3.63, 3.8) is 0 Å². The second-order valence-electron chi connectivity index (χ2n) is 3.95. The van der Waals surface area contributed by atoms with Crippen molar-refractivity contribution in [3.8, 4) is 5.75 Å². The van der Waals surface area contributed by atoms with E-state index in [2.05, 4.69) is 4.74 Å². The first-order valence-corrected chi connectivity index (χ1v) is 5.82. The highest BCUT2D eigenvalue weighted by atomic mass is 19.4. The molecule has 0 saturated heterocycles. The van der Waals surface area contributed by atoms with Gasteiger partial charge >= 0.3 is 12.1 Å². The minimum absolute atomic E-state index is 0.00377. The lowest BCUT2D eigenvalue weighted by atomic mass is 10.1. The number of ether oxygens (including phenoxy) is 1. The van der Waals surface area contributed by atoms with Crippen LogP contribution in [-0.2, 0) is 11.2 Å². The number of halogens is 3. The number of aryl methyl sites for hydroxylation is 1. The van der Waals surface area contributed by atoms with Crippen LogP contribution in [0.4, 0.5) is 13.2 Å². The molecule has 0 aliphatic heterocycles. The predicted octanol–water partition coefficient (Wildman–Crippen LogP) is 3.89. The Labute approximate surface area is 104 Å². The standard InChI is InChI=1S/C13H15F3O2/c1-2-3-4-7-10-8-5-6-9-11(10)18-12(17)13(14,15)16/h5-6,8-9H,2-4,7H2,1H3. The average Bonchev–Trinajstić information content (AvgIpc) is 2.30. The van der Waals surface area contributed by atoms with E-state index in [4.69, 9.17) is 0 Å². The Kier molecular flexibility index (Phi) is 5.19. The lowest BCUT2D eigenvalue weighted by Gasteiger charge is -2.11. The summed E-state index contributed by atoms with van der Waals surface area (Å²) in [6.07, 6.45) is -1.49. The third-order valence-corrected chi connectivity index (χ3v) is 2.46. The van der Waals surface area contributed by atoms with Gasteiger partial charge in [0.15, 0.2) is 0 Å². The molecule has 0 fully saturated rings. The number of carbonyl (C=O) groups excluding carboxylic acids is 1. The molecule has 0 bridgehead atoms. The maximum Gasteiger partial charge on any atom is 0.491 e. The van der Waals surface area contributed by atoms with Crippen molar-refractivity contribution in [3.05, 3.63) is 29.8 Å². The fourth-order valence-electron chi connectivity index (χ4n) is 1.53. The van der Waals surface area contributed by atoms with Crippen molar-refractivity contribution in [1.82, 2.24) is 0 Å². The van der Waals surface area contributed by atoms with Crippen molar-refractivity contribution < 1.29 is 22.7 Å². The zero-order valence-corrected chi connectivity index (χ0v) is 10.1. The number of alkyl halides is 3. The van der Waals surface area contributed by atoms with Gasteiger partial charge in [0, 0.05) is 0 Å². The molecule has 0 atom stereocenters. The Hall–Kier alpha value is -1.52. The molecule has 0 heterocycles. The Morgan fingerprint density at radius 1 is 1.22 bits per heavy atom. The minimum Gasteiger partial charge on any atom is -0.420 e. The topological polar surface area (TPSA) is 26.3 Å². The number of esters is 1. The summed E-state index contributed by atoms with van der Waals surface area (Å²) in [6.45, 7) is 2.04. The Morgan fingerprint density at radius 2 is 1.89 bits per heavy atom. The lowest BCUT2D eigenvalue weighted by Crippen LogP contribution is -2.28. The maximum absolute atomic E-state index is 12.1. The van der Waals surface area contributed by atoms with Crippen LogP contribution in [0, 0.1) is 0 Å². The van der Waals surface area contributed by atoms with Gasteiger partial charge in [-0.3, -0.25) is 0 Å². The molecule has 0 spiro atoms. The van der Waals surface area contributed by atoms with Crippen LogP contribution < -0.4 is 4.74 Å². The Morgan fingerprint density at radius 3 is 2.50 bits per heavy atom. The number of para-hydroxylation sites is 1. The van der Waals surface area contributed by atoms with Crippen molar-refractivity contribution in [2.75, 3.05) is 0 Å². The highest BCUT2D eigenvalue weighted by Gasteiger charge is 2.41. The quantitative estimate of drug-likeness (QED) is 0.456. The molecule has 1 rings (SSSR count). The molecule has 0 aliphatic rings. The molecule has 0 amide bonds. The van der Waals surface area contributed by atoms with Gasteiger partial charge in [-0.05, 0) is 24.5 Å². The normalized spacial score (nSPS) is 11.3. The summed E-state index contributed by atoms with van der Waals surface area (Å²) in [4.78, 5) is 10.8. The summed E-state index contributed by atoms with van der Waals surface area (Å²) < 4.78 is 40.7. The van der Waals surface area contributed by atoms with Crippen molar-refractivity contribution in [1.29, 1.82) is 0 Å². The number of rotatable bonds is 5. The number of carbonyl (C=O) groups is 1. The minimum atomic E-state index is -4.96. The van der Waals surface area contributed by atoms with Gasteiger partial charge in [-0.1, -0.05) is 38.0 Å². The van der Waals surface area contributed by atoms with Gasteiger partial charge in [-0.2, -0.15) is 13.2 Å². The van der Waals surface area contributed by atoms with Gasteiger partial charge in [-0.25, -0.2) is 4.79 Å². The smallest absolute Gasteiger partial charge is 0.420 e. The van der Waals surface area contributed by atoms with Crippen molar-refractivity contribution in [2.45, 2.75) is 38.8 Å². The Balaban J connectivity index is 2.73. The molecule has 1 aromatic rings. The molecular formula is C13H15F3O2. The molecule has 0 aliphatic carbocycles. The summed E-state index contributed by atoms with van der Waals surface area (Å²) in [7, 11) is 0. The fraction of sp³-hybridized carbons (Fsp3) is 0.462. The van der Waals surface area contributed by atoms with Crippen LogP contribution in [0.1, 0.15) is 31.7 Å². The lowest BCUT2D eigenvalue weighted by molar-refractivity contribution is -0.189. The van der Waals surface area contributed by atoms with Gasteiger partial charge in [0.1, 0.15) is 5.75 Å². The monoisotopic (exact) mass is 260 g/mol. The first kappa shape index (κ1) is 14.5. The molecule has 2 nitrogen and oxygen atoms in total. The predicted molar refractivity (Wildman–Crippen MR) is 61.4 cm³/mol. The van der Waals surface area contributed by atoms with E-state index in [1.807, 2.05) is 6.92 Å². The zero-order valence-electron chi connectivity index (χ0n) is 10.1. The van der Waals surface area contributed by atoms with Crippen molar-refractivity contribution in [2.24, 2.45) is 0 Å². The first-order chi connectivity index (χ1) is 8.45. The summed E-state index contributed by atoms with van der Waals surface area (Å²) >= 11 is 0. The van der Waals surface area contributed by atoms with Crippen LogP contribution in [0.15, 0.2) is 24.3 Å². The van der Waals surface area contributed by atoms with Gasteiger partial charge < -0.3 is 4.74 Å². The molecule has 0 unspecified atom stereocenters. The highest BCUT2D eigenvalue weighted by molar-refractivity contribution is 5.78. The number of hydrogen-bond donors (Lipinski definition) is 0. The number of benzene rings is 1. The first-order valence-electron chi connectivity index (χ1n) is 5.82. The van der Waals surface area contributed by atoms with Gasteiger partial charge in [0.2, 0.25) is 0 Å². The zero-order chi connectivity index (χ0) is 13.6. The number of unbranched alkanes of at least 4 members (excludes halogenated alkanes) is 2. The summed E-state index contributed by atoms with van der Waals surface area (Å²) in [5.74, 6) is -2.18. The van der Waals surface area contributed by atoms with E-state index in [9.17, 15) is 18.0 Å². The molecule has 100 valence electrons. The van der Waals surface area contributed by atoms with E-state index in [1.165, 1.54) is 6.07 Å². The van der Waals surface area contributed by atoms with Gasteiger partial charge in [-0.15, -0.1) is 0 Å². The second kappa shape index (κ2) is 6.42. The SMILES string of the molecule is CCCCCc1ccccc1OC(=O)C(F)(F)F. The van der Waals surface area contributed by atoms with Crippen LogP contribution in [-0.4, -0.2) is 12.1 Å². The average molecular weight is 260 g/mol. The van der Waals surface area contributed by atoms with Crippen LogP contribution in [0.3, 0.4) is 0 Å². The third-order valence-electron chi connectivity index (χ3n) is 2.46. The molecule has 1 aromatic carbocycles. The van der Waals surface area contributed by atoms with Gasteiger partial charge in [0.05, 0.1) is 0 Å². The largest absolute Gasteiger partial charge is 0.491 e. The molecular weight excluding hydrogens is 245 g/mol. The molecule has 0 aromatic heterocycles. The van der Waals surface area contributed by atoms with Gasteiger partial charge in [0.25, 0.3) is 0 Å². The fourth-order valence-corrected chi connectivity index (χ4v) is 1.53. The van der Waals surface area contributed by atoms with Crippen molar-refractivity contribution >= 4 is 5.97 Å². The summed E-state index contributed by atoms with van der Waals surface area (Å²) in [5.41, 5.74) is 0.628. The third kappa shape index (κ3) is 4.39. The second-order valence-corrected chi connectivity index (χ2v) is 3.95. The highest BCUT2D eigenvalue weighted by Crippen LogP contribution is 2.24. The van der Waals surface area contributed by atoms with E-state index in [1.54, 1.807) is 18.2 Å². The van der Waals surface area contributed by atoms with E-state index in [0.717, 1.165) is 19.3 Å². The molecule has 0 saturated carbocycles. The van der Waals surface area contributed by atoms with E-state index in [0.29, 0.717) is 12.0 Å². The van der Waals surface area contributed by atoms with E-state index >= 15 is 0 Å². The maximum atomic E-state index is 12.1. The molecule has 5 heteroatoms. The number of hydrogen-bond acceptors (Lipinski definition) is 2. The molecule has 18 heavy (non-hydrogen) atoms. The Bertz CT molecular complexity index is 399.